The molecule has 0 spiro atoms. The molecule has 3 fully saturated rings. The topological polar surface area (TPSA) is 193 Å². The van der Waals surface area contributed by atoms with Crippen molar-refractivity contribution in [1.82, 2.24) is 25.2 Å². The first-order valence-corrected chi connectivity index (χ1v) is 19.6. The third kappa shape index (κ3) is 7.87. The number of sulfonamides is 1. The van der Waals surface area contributed by atoms with Crippen molar-refractivity contribution in [1.29, 1.82) is 0 Å². The molecule has 51 heavy (non-hydrogen) atoms. The average molecular weight is 728 g/mol. The van der Waals surface area contributed by atoms with Crippen LogP contribution in [0.5, 0.6) is 0 Å². The zero-order valence-electron chi connectivity index (χ0n) is 29.7. The fraction of sp³-hybridized carbons (Fsp3) is 0.639. The van der Waals surface area contributed by atoms with Crippen LogP contribution in [0.25, 0.3) is 10.9 Å². The molecule has 2 aliphatic heterocycles. The summed E-state index contributed by atoms with van der Waals surface area (Å²) in [5.74, 6) is -3.01. The van der Waals surface area contributed by atoms with Gasteiger partial charge in [0.2, 0.25) is 21.8 Å². The van der Waals surface area contributed by atoms with Gasteiger partial charge in [-0.2, -0.15) is 0 Å². The number of fused-ring (bicyclic) bond motifs is 3. The van der Waals surface area contributed by atoms with Crippen LogP contribution < -0.4 is 15.4 Å². The van der Waals surface area contributed by atoms with Gasteiger partial charge in [0.05, 0.1) is 18.4 Å². The van der Waals surface area contributed by atoms with E-state index in [4.69, 9.17) is 9.47 Å². The zero-order chi connectivity index (χ0) is 36.7. The number of nitrogens with zero attached hydrogens (tertiary/aromatic N) is 1. The van der Waals surface area contributed by atoms with E-state index >= 15 is 0 Å². The molecule has 14 nitrogen and oxygen atoms in total. The van der Waals surface area contributed by atoms with Crippen LogP contribution >= 0.6 is 0 Å². The quantitative estimate of drug-likeness (QED) is 0.323. The molecule has 15 heteroatoms. The van der Waals surface area contributed by atoms with Crippen LogP contribution in [0, 0.1) is 11.3 Å². The lowest BCUT2D eigenvalue weighted by molar-refractivity contribution is -0.143. The summed E-state index contributed by atoms with van der Waals surface area (Å²) in [4.78, 5) is 72.9. The summed E-state index contributed by atoms with van der Waals surface area (Å²) < 4.78 is 38.9. The number of ether oxygens (including phenoxy) is 2. The maximum Gasteiger partial charge on any atom is 0.407 e. The molecule has 6 rings (SSSR count). The van der Waals surface area contributed by atoms with E-state index < -0.39 is 74.2 Å². The number of carbonyl (C=O) groups excluding carboxylic acids is 5. The van der Waals surface area contributed by atoms with E-state index in [9.17, 15) is 32.4 Å². The summed E-state index contributed by atoms with van der Waals surface area (Å²) in [5.41, 5.74) is -0.157. The number of hydrogen-bond acceptors (Lipinski definition) is 9. The number of esters is 1. The number of benzene rings is 1. The van der Waals surface area contributed by atoms with Crippen LogP contribution in [0.2, 0.25) is 0 Å². The van der Waals surface area contributed by atoms with Gasteiger partial charge in [0.15, 0.2) is 0 Å². The molecule has 1 aromatic carbocycles. The highest BCUT2D eigenvalue weighted by Gasteiger charge is 2.62. The zero-order valence-corrected chi connectivity index (χ0v) is 30.5. The highest BCUT2D eigenvalue weighted by molar-refractivity contribution is 7.91. The predicted molar refractivity (Wildman–Crippen MR) is 187 cm³/mol. The second-order valence-electron chi connectivity index (χ2n) is 15.5. The van der Waals surface area contributed by atoms with Crippen molar-refractivity contribution in [2.75, 3.05) is 13.2 Å². The van der Waals surface area contributed by atoms with Gasteiger partial charge >= 0.3 is 12.1 Å². The lowest BCUT2D eigenvalue weighted by Crippen LogP contribution is -2.60. The van der Waals surface area contributed by atoms with Gasteiger partial charge in [0.1, 0.15) is 29.4 Å². The number of cyclic esters (lactones) is 1. The molecule has 2 aliphatic carbocycles. The summed E-state index contributed by atoms with van der Waals surface area (Å²) in [6.07, 6.45) is 4.07. The number of hydrogen-bond donors (Lipinski definition) is 4. The fourth-order valence-electron chi connectivity index (χ4n) is 7.34. The summed E-state index contributed by atoms with van der Waals surface area (Å²) >= 11 is 0. The third-order valence-corrected chi connectivity index (χ3v) is 12.4. The van der Waals surface area contributed by atoms with Crippen molar-refractivity contribution in [3.63, 3.8) is 0 Å². The highest BCUT2D eigenvalue weighted by Crippen LogP contribution is 2.47. The van der Waals surface area contributed by atoms with Crippen molar-refractivity contribution in [3.8, 4) is 0 Å². The number of alkyl carbamates (subject to hydrolysis) is 1. The van der Waals surface area contributed by atoms with Crippen LogP contribution in [0.4, 0.5) is 4.79 Å². The molecule has 4 N–H and O–H groups in total. The van der Waals surface area contributed by atoms with Gasteiger partial charge < -0.3 is 30.0 Å². The number of aromatic nitrogens is 1. The number of aromatic amines is 1. The van der Waals surface area contributed by atoms with Crippen LogP contribution in [-0.4, -0.2) is 90.2 Å². The molecule has 278 valence electrons. The second kappa shape index (κ2) is 14.1. The Morgan fingerprint density at radius 2 is 1.82 bits per heavy atom. The average Bonchev–Trinajstić information content (AvgIpc) is 3.96. The lowest BCUT2D eigenvalue weighted by Gasteiger charge is -2.35. The molecule has 3 heterocycles. The van der Waals surface area contributed by atoms with Crippen molar-refractivity contribution in [2.45, 2.75) is 121 Å². The summed E-state index contributed by atoms with van der Waals surface area (Å²) in [6.45, 7) is 7.20. The van der Waals surface area contributed by atoms with E-state index in [1.54, 1.807) is 26.8 Å². The van der Waals surface area contributed by atoms with Gasteiger partial charge in [-0.1, -0.05) is 59.1 Å². The Morgan fingerprint density at radius 3 is 2.51 bits per heavy atom. The molecule has 1 saturated heterocycles. The Balaban J connectivity index is 1.29. The van der Waals surface area contributed by atoms with Crippen LogP contribution in [-0.2, 0) is 40.3 Å². The summed E-state index contributed by atoms with van der Waals surface area (Å²) in [7, 11) is -3.88. The lowest BCUT2D eigenvalue weighted by atomic mass is 9.85. The Morgan fingerprint density at radius 1 is 1.08 bits per heavy atom. The van der Waals surface area contributed by atoms with Crippen molar-refractivity contribution >= 4 is 50.7 Å². The molecule has 5 atom stereocenters. The van der Waals surface area contributed by atoms with Crippen molar-refractivity contribution in [3.05, 3.63) is 35.5 Å². The number of carbonyl (C=O) groups is 5. The Hall–Kier alpha value is -4.14. The smallest absolute Gasteiger partial charge is 0.407 e. The third-order valence-electron chi connectivity index (χ3n) is 10.6. The highest BCUT2D eigenvalue weighted by atomic mass is 32.2. The molecule has 2 saturated carbocycles. The minimum Gasteiger partial charge on any atom is -0.456 e. The number of H-pyrrole nitrogens is 1. The van der Waals surface area contributed by atoms with Gasteiger partial charge in [0, 0.05) is 17.3 Å². The van der Waals surface area contributed by atoms with Gasteiger partial charge in [-0.15, -0.1) is 0 Å². The summed E-state index contributed by atoms with van der Waals surface area (Å²) in [6, 6.07) is 5.30. The summed E-state index contributed by atoms with van der Waals surface area (Å²) in [5, 5.41) is 5.79. The van der Waals surface area contributed by atoms with Crippen LogP contribution in [0.15, 0.2) is 24.3 Å². The molecule has 4 amide bonds. The number of aryl methyl sites for hydroxylation is 1. The maximum atomic E-state index is 14.4. The second-order valence-corrected chi connectivity index (χ2v) is 17.5. The molecule has 2 aromatic rings. The van der Waals surface area contributed by atoms with Crippen LogP contribution in [0.3, 0.4) is 0 Å². The number of amides is 4. The Bertz CT molecular complexity index is 1810. The SMILES string of the molecule is CCC1C[C@]1(NC(=O)[C@@H]1C[C@@H]2CN1C(=O)[C@H](C(C)(C)C)NC(=O)OCCCCCCc1cccc3[nH]c(cc13)C(=O)O2)C(=O)NS(=O)(=O)C1CC1. The van der Waals surface area contributed by atoms with E-state index in [0.29, 0.717) is 25.7 Å². The van der Waals surface area contributed by atoms with Gasteiger partial charge in [0.25, 0.3) is 5.91 Å². The first-order chi connectivity index (χ1) is 24.1. The van der Waals surface area contributed by atoms with Crippen molar-refractivity contribution in [2.24, 2.45) is 11.3 Å². The molecular weight excluding hydrogens is 678 g/mol. The molecule has 4 aliphatic rings. The minimum atomic E-state index is -3.88. The Labute approximate surface area is 298 Å². The normalized spacial score (nSPS) is 28.1. The van der Waals surface area contributed by atoms with E-state index in [-0.39, 0.29) is 37.6 Å². The number of rotatable bonds is 6. The number of nitrogens with one attached hydrogen (secondary N) is 4. The van der Waals surface area contributed by atoms with Crippen LogP contribution in [0.1, 0.15) is 102 Å². The first-order valence-electron chi connectivity index (χ1n) is 18.1. The van der Waals surface area contributed by atoms with E-state index in [2.05, 4.69) is 20.3 Å². The molecule has 4 bridgehead atoms. The molecule has 0 radical (unpaired) electrons. The van der Waals surface area contributed by atoms with Crippen molar-refractivity contribution < 1.29 is 41.9 Å². The van der Waals surface area contributed by atoms with E-state index in [0.717, 1.165) is 42.1 Å². The molecular formula is C36H49N5O9S. The minimum absolute atomic E-state index is 0.0784. The monoisotopic (exact) mass is 727 g/mol. The first kappa shape index (κ1) is 36.6. The van der Waals surface area contributed by atoms with E-state index in [1.165, 1.54) is 4.90 Å². The predicted octanol–water partition coefficient (Wildman–Crippen LogP) is 3.44. The fourth-order valence-corrected chi connectivity index (χ4v) is 8.71. The standard InChI is InChI=1S/C36H49N5O9S/c1-5-22-19-36(22,33(45)40-51(47,48)24-14-15-24)39-30(42)28-17-23-20-41(28)31(43)29(35(2,3)4)38-34(46)49-16-9-7-6-8-11-21-12-10-13-26-25(21)18-27(37-26)32(44)50-23/h10,12-13,18,22-24,28-29,37H,5-9,11,14-17,19-20H2,1-4H3,(H,38,46)(H,39,42)(H,40,45)/t22?,23-,28+,29-,36-/m1/s1. The molecule has 1 aromatic heterocycles. The molecule has 1 unspecified atom stereocenters. The maximum absolute atomic E-state index is 14.4. The van der Waals surface area contributed by atoms with E-state index in [1.807, 2.05) is 25.1 Å². The van der Waals surface area contributed by atoms with Gasteiger partial charge in [-0.05, 0) is 67.6 Å². The van der Waals surface area contributed by atoms with Gasteiger partial charge in [-0.3, -0.25) is 19.1 Å². The Kier molecular flexibility index (Phi) is 10.1. The largest absolute Gasteiger partial charge is 0.456 e. The van der Waals surface area contributed by atoms with Gasteiger partial charge in [-0.25, -0.2) is 18.0 Å².